The minimum absolute atomic E-state index is 0.331. The molecule has 0 saturated carbocycles. The van der Waals surface area contributed by atoms with Crippen LogP contribution in [0.3, 0.4) is 0 Å². The fourth-order valence-corrected chi connectivity index (χ4v) is 2.74. The third-order valence-corrected chi connectivity index (χ3v) is 4.10. The van der Waals surface area contributed by atoms with Crippen molar-refractivity contribution in [1.29, 1.82) is 0 Å². The highest BCUT2D eigenvalue weighted by molar-refractivity contribution is 9.10. The smallest absolute Gasteiger partial charge is 0.411 e. The molecule has 4 nitrogen and oxygen atoms in total. The highest BCUT2D eigenvalue weighted by Crippen LogP contribution is 2.25. The Hall–Kier alpha value is -2.01. The monoisotopic (exact) mass is 391 g/mol. The van der Waals surface area contributed by atoms with Crippen LogP contribution in [0.4, 0.5) is 10.5 Å². The normalized spacial score (nSPS) is 10.3. The molecule has 0 unspecified atom stereocenters. The van der Waals surface area contributed by atoms with Crippen molar-refractivity contribution < 1.29 is 14.3 Å². The first-order valence-electron chi connectivity index (χ1n) is 7.98. The van der Waals surface area contributed by atoms with Crippen molar-refractivity contribution in [2.75, 3.05) is 11.9 Å². The number of hydrogen-bond acceptors (Lipinski definition) is 3. The number of carbonyl (C=O) groups is 1. The quantitative estimate of drug-likeness (QED) is 0.710. The van der Waals surface area contributed by atoms with Crippen molar-refractivity contribution in [2.24, 2.45) is 0 Å². The van der Waals surface area contributed by atoms with Crippen LogP contribution in [0.1, 0.15) is 30.5 Å². The summed E-state index contributed by atoms with van der Waals surface area (Å²) in [6.45, 7) is 6.62. The number of benzene rings is 2. The van der Waals surface area contributed by atoms with E-state index in [0.29, 0.717) is 18.9 Å². The van der Waals surface area contributed by atoms with Crippen LogP contribution in [0.2, 0.25) is 0 Å². The van der Waals surface area contributed by atoms with Gasteiger partial charge >= 0.3 is 6.09 Å². The molecule has 0 aromatic heterocycles. The number of anilines is 1. The van der Waals surface area contributed by atoms with Crippen LogP contribution in [-0.4, -0.2) is 12.7 Å². The van der Waals surface area contributed by atoms with E-state index in [4.69, 9.17) is 9.47 Å². The van der Waals surface area contributed by atoms with Crippen LogP contribution in [0, 0.1) is 6.92 Å². The van der Waals surface area contributed by atoms with Gasteiger partial charge in [-0.25, -0.2) is 4.79 Å². The Balaban J connectivity index is 2.13. The Kier molecular flexibility index (Phi) is 6.67. The summed E-state index contributed by atoms with van der Waals surface area (Å²) in [6.07, 6.45) is 0.532. The Morgan fingerprint density at radius 2 is 1.96 bits per heavy atom. The van der Waals surface area contributed by atoms with E-state index in [-0.39, 0.29) is 0 Å². The van der Waals surface area contributed by atoms with Gasteiger partial charge in [0.15, 0.2) is 0 Å². The molecular formula is C19H22BrNO3. The Morgan fingerprint density at radius 3 is 2.62 bits per heavy atom. The van der Waals surface area contributed by atoms with E-state index >= 15 is 0 Å². The van der Waals surface area contributed by atoms with Crippen LogP contribution >= 0.6 is 15.9 Å². The first-order chi connectivity index (χ1) is 11.5. The van der Waals surface area contributed by atoms with E-state index in [1.807, 2.05) is 31.2 Å². The van der Waals surface area contributed by atoms with Gasteiger partial charge in [-0.1, -0.05) is 35.0 Å². The molecule has 0 saturated heterocycles. The van der Waals surface area contributed by atoms with Crippen LogP contribution in [0.15, 0.2) is 40.9 Å². The van der Waals surface area contributed by atoms with Gasteiger partial charge in [0.25, 0.3) is 0 Å². The van der Waals surface area contributed by atoms with Gasteiger partial charge in [-0.3, -0.25) is 5.32 Å². The lowest BCUT2D eigenvalue weighted by Crippen LogP contribution is -2.15. The van der Waals surface area contributed by atoms with Crippen molar-refractivity contribution in [1.82, 2.24) is 0 Å². The number of amides is 1. The molecule has 2 aromatic rings. The van der Waals surface area contributed by atoms with E-state index in [2.05, 4.69) is 40.3 Å². The second kappa shape index (κ2) is 8.73. The van der Waals surface area contributed by atoms with Crippen molar-refractivity contribution in [3.63, 3.8) is 0 Å². The third-order valence-electron chi connectivity index (χ3n) is 3.61. The molecule has 0 radical (unpaired) electrons. The maximum absolute atomic E-state index is 11.7. The summed E-state index contributed by atoms with van der Waals surface area (Å²) in [5.41, 5.74) is 3.94. The topological polar surface area (TPSA) is 47.6 Å². The molecule has 0 aliphatic rings. The summed E-state index contributed by atoms with van der Waals surface area (Å²) < 4.78 is 11.8. The molecule has 2 rings (SSSR count). The van der Waals surface area contributed by atoms with Gasteiger partial charge < -0.3 is 9.47 Å². The first-order valence-corrected chi connectivity index (χ1v) is 8.77. The van der Waals surface area contributed by atoms with Gasteiger partial charge in [-0.05, 0) is 55.7 Å². The lowest BCUT2D eigenvalue weighted by atomic mass is 10.1. The largest absolute Gasteiger partial charge is 0.489 e. The highest BCUT2D eigenvalue weighted by atomic mass is 79.9. The van der Waals surface area contributed by atoms with E-state index in [1.54, 1.807) is 6.92 Å². The lowest BCUT2D eigenvalue weighted by Gasteiger charge is -2.14. The summed E-state index contributed by atoms with van der Waals surface area (Å²) in [6, 6.07) is 11.8. The minimum Gasteiger partial charge on any atom is -0.489 e. The molecule has 2 aromatic carbocycles. The Morgan fingerprint density at radius 1 is 1.17 bits per heavy atom. The number of nitrogens with one attached hydrogen (secondary N) is 1. The highest BCUT2D eigenvalue weighted by Gasteiger charge is 2.10. The number of rotatable bonds is 6. The molecule has 1 amide bonds. The number of halogens is 1. The molecule has 0 aliphatic heterocycles. The average Bonchev–Trinajstić information content (AvgIpc) is 2.56. The Bertz CT molecular complexity index is 716. The minimum atomic E-state index is -0.468. The van der Waals surface area contributed by atoms with E-state index in [1.165, 1.54) is 5.56 Å². The van der Waals surface area contributed by atoms with E-state index in [9.17, 15) is 4.79 Å². The maximum Gasteiger partial charge on any atom is 0.411 e. The molecule has 5 heteroatoms. The van der Waals surface area contributed by atoms with Crippen molar-refractivity contribution in [3.05, 3.63) is 57.6 Å². The molecule has 24 heavy (non-hydrogen) atoms. The van der Waals surface area contributed by atoms with Crippen LogP contribution in [0.25, 0.3) is 0 Å². The molecule has 0 fully saturated rings. The van der Waals surface area contributed by atoms with Gasteiger partial charge in [0, 0.05) is 10.0 Å². The first kappa shape index (κ1) is 18.3. The summed E-state index contributed by atoms with van der Waals surface area (Å²) in [5, 5.41) is 2.75. The molecule has 128 valence electrons. The van der Waals surface area contributed by atoms with E-state index < -0.39 is 6.09 Å². The van der Waals surface area contributed by atoms with E-state index in [0.717, 1.165) is 27.8 Å². The summed E-state index contributed by atoms with van der Waals surface area (Å²) in [5.74, 6) is 0.842. The second-order valence-corrected chi connectivity index (χ2v) is 6.30. The van der Waals surface area contributed by atoms with Gasteiger partial charge in [0.1, 0.15) is 12.4 Å². The van der Waals surface area contributed by atoms with Crippen molar-refractivity contribution in [3.8, 4) is 5.75 Å². The number of ether oxygens (including phenoxy) is 2. The zero-order chi connectivity index (χ0) is 17.5. The molecular weight excluding hydrogens is 370 g/mol. The second-order valence-electron chi connectivity index (χ2n) is 5.39. The molecule has 0 spiro atoms. The summed E-state index contributed by atoms with van der Waals surface area (Å²) in [7, 11) is 0. The van der Waals surface area contributed by atoms with Crippen molar-refractivity contribution >= 4 is 27.7 Å². The van der Waals surface area contributed by atoms with Crippen LogP contribution in [-0.2, 0) is 17.8 Å². The fourth-order valence-electron chi connectivity index (χ4n) is 2.33. The summed E-state index contributed by atoms with van der Waals surface area (Å²) >= 11 is 3.45. The zero-order valence-corrected chi connectivity index (χ0v) is 15.8. The predicted molar refractivity (Wildman–Crippen MR) is 99.7 cm³/mol. The fraction of sp³-hybridized carbons (Fsp3) is 0.316. The molecule has 1 N–H and O–H groups in total. The van der Waals surface area contributed by atoms with Gasteiger partial charge in [-0.2, -0.15) is 0 Å². The van der Waals surface area contributed by atoms with Gasteiger partial charge in [0.05, 0.1) is 12.3 Å². The summed E-state index contributed by atoms with van der Waals surface area (Å²) in [4.78, 5) is 11.7. The van der Waals surface area contributed by atoms with Crippen LogP contribution < -0.4 is 10.1 Å². The van der Waals surface area contributed by atoms with Gasteiger partial charge in [-0.15, -0.1) is 0 Å². The Labute approximate surface area is 151 Å². The predicted octanol–water partition coefficient (Wildman–Crippen LogP) is 5.47. The number of carbonyl (C=O) groups excluding carboxylic acids is 1. The third kappa shape index (κ3) is 4.99. The molecule has 0 atom stereocenters. The molecule has 0 aliphatic carbocycles. The number of hydrogen-bond donors (Lipinski definition) is 1. The standard InChI is InChI=1S/C19H22BrNO3/c1-4-14-6-9-18(13(3)10-14)24-12-15-11-16(20)7-8-17(15)21-19(22)23-5-2/h6-11H,4-5,12H2,1-3H3,(H,21,22). The number of aryl methyl sites for hydroxylation is 2. The van der Waals surface area contributed by atoms with Crippen molar-refractivity contribution in [2.45, 2.75) is 33.8 Å². The molecule has 0 heterocycles. The average molecular weight is 392 g/mol. The maximum atomic E-state index is 11.7. The molecule has 0 bridgehead atoms. The van der Waals surface area contributed by atoms with Gasteiger partial charge in [0.2, 0.25) is 0 Å². The lowest BCUT2D eigenvalue weighted by molar-refractivity contribution is 0.168. The van der Waals surface area contributed by atoms with Crippen LogP contribution in [0.5, 0.6) is 5.75 Å². The SMILES string of the molecule is CCOC(=O)Nc1ccc(Br)cc1COc1ccc(CC)cc1C. The zero-order valence-electron chi connectivity index (χ0n) is 14.2.